The van der Waals surface area contributed by atoms with Crippen LogP contribution < -0.4 is 11.1 Å². The van der Waals surface area contributed by atoms with Crippen molar-refractivity contribution in [2.45, 2.75) is 25.8 Å². The van der Waals surface area contributed by atoms with Gasteiger partial charge in [-0.05, 0) is 13.0 Å². The van der Waals surface area contributed by atoms with Crippen LogP contribution in [0.3, 0.4) is 0 Å². The van der Waals surface area contributed by atoms with Gasteiger partial charge in [0.2, 0.25) is 5.91 Å². The number of hydrogen-bond acceptors (Lipinski definition) is 6. The van der Waals surface area contributed by atoms with Crippen LogP contribution in [0.4, 0.5) is 0 Å². The number of aryl methyl sites for hydroxylation is 1. The Labute approximate surface area is 111 Å². The molecule has 0 fully saturated rings. The number of nitrogens with two attached hydrogens (primary N) is 1. The van der Waals surface area contributed by atoms with Crippen molar-refractivity contribution in [3.8, 4) is 0 Å². The lowest BCUT2D eigenvalue weighted by Gasteiger charge is -2.06. The van der Waals surface area contributed by atoms with Gasteiger partial charge in [-0.2, -0.15) is 0 Å². The van der Waals surface area contributed by atoms with Gasteiger partial charge in [-0.25, -0.2) is 9.48 Å². The first kappa shape index (κ1) is 15.1. The summed E-state index contributed by atoms with van der Waals surface area (Å²) in [5.41, 5.74) is 6.34. The van der Waals surface area contributed by atoms with Gasteiger partial charge in [-0.1, -0.05) is 5.21 Å². The Bertz CT molecular complexity index is 444. The maximum absolute atomic E-state index is 11.5. The minimum absolute atomic E-state index is 0.0336. The lowest BCUT2D eigenvalue weighted by Crippen LogP contribution is -2.19. The van der Waals surface area contributed by atoms with Gasteiger partial charge < -0.3 is 15.8 Å². The van der Waals surface area contributed by atoms with Gasteiger partial charge in [-0.15, -0.1) is 5.10 Å². The summed E-state index contributed by atoms with van der Waals surface area (Å²) in [7, 11) is 2.88. The second-order valence-corrected chi connectivity index (χ2v) is 3.91. The van der Waals surface area contributed by atoms with Crippen molar-refractivity contribution in [2.75, 3.05) is 20.7 Å². The number of carbonyl (C=O) groups excluding carboxylic acids is 2. The van der Waals surface area contributed by atoms with E-state index in [-0.39, 0.29) is 11.6 Å². The first-order valence-electron chi connectivity index (χ1n) is 6.05. The van der Waals surface area contributed by atoms with Crippen LogP contribution in [0.2, 0.25) is 0 Å². The van der Waals surface area contributed by atoms with E-state index in [1.54, 1.807) is 11.7 Å². The predicted molar refractivity (Wildman–Crippen MR) is 67.4 cm³/mol. The fourth-order valence-electron chi connectivity index (χ4n) is 1.67. The van der Waals surface area contributed by atoms with Crippen LogP contribution in [-0.4, -0.2) is 47.6 Å². The first-order valence-corrected chi connectivity index (χ1v) is 6.05. The number of nitrogens with one attached hydrogen (secondary N) is 1. The topological polar surface area (TPSA) is 112 Å². The van der Waals surface area contributed by atoms with Crippen LogP contribution >= 0.6 is 0 Å². The minimum Gasteiger partial charge on any atom is -0.464 e. The average molecular weight is 269 g/mol. The maximum atomic E-state index is 11.5. The molecule has 1 heterocycles. The van der Waals surface area contributed by atoms with Crippen LogP contribution in [0, 0.1) is 0 Å². The summed E-state index contributed by atoms with van der Waals surface area (Å²) < 4.78 is 6.24. The molecule has 0 aliphatic rings. The van der Waals surface area contributed by atoms with Gasteiger partial charge in [0.15, 0.2) is 5.69 Å². The summed E-state index contributed by atoms with van der Waals surface area (Å²) >= 11 is 0. The molecule has 1 aromatic rings. The molecule has 0 unspecified atom stereocenters. The molecule has 8 heteroatoms. The molecule has 0 saturated carbocycles. The summed E-state index contributed by atoms with van der Waals surface area (Å²) in [4.78, 5) is 22.6. The highest BCUT2D eigenvalue weighted by atomic mass is 16.5. The molecular weight excluding hydrogens is 250 g/mol. The minimum atomic E-state index is -0.527. The van der Waals surface area contributed by atoms with E-state index >= 15 is 0 Å². The number of hydrogen-bond donors (Lipinski definition) is 2. The number of nitrogens with zero attached hydrogens (tertiary/aromatic N) is 3. The van der Waals surface area contributed by atoms with Crippen LogP contribution in [-0.2, 0) is 22.5 Å². The number of ether oxygens (including phenoxy) is 1. The SMILES string of the molecule is CNC(=O)CCCn1nnc(C(=O)OC)c1CCN. The molecule has 1 rings (SSSR count). The maximum Gasteiger partial charge on any atom is 0.360 e. The van der Waals surface area contributed by atoms with Gasteiger partial charge in [-0.3, -0.25) is 4.79 Å². The Balaban J connectivity index is 2.74. The standard InChI is InChI=1S/C11H19N5O3/c1-13-9(17)4-3-7-16-8(5-6-12)10(14-15-16)11(18)19-2/h3-7,12H2,1-2H3,(H,13,17). The summed E-state index contributed by atoms with van der Waals surface area (Å²) in [6, 6.07) is 0. The van der Waals surface area contributed by atoms with Crippen molar-refractivity contribution in [3.63, 3.8) is 0 Å². The number of aromatic nitrogens is 3. The fraction of sp³-hybridized carbons (Fsp3) is 0.636. The van der Waals surface area contributed by atoms with Crippen molar-refractivity contribution < 1.29 is 14.3 Å². The normalized spacial score (nSPS) is 10.3. The second kappa shape index (κ2) is 7.47. The van der Waals surface area contributed by atoms with Crippen LogP contribution in [0.1, 0.15) is 29.0 Å². The molecule has 0 aliphatic heterocycles. The second-order valence-electron chi connectivity index (χ2n) is 3.91. The molecule has 0 radical (unpaired) electrons. The van der Waals surface area contributed by atoms with Crippen molar-refractivity contribution in [3.05, 3.63) is 11.4 Å². The average Bonchev–Trinajstić information content (AvgIpc) is 2.81. The summed E-state index contributed by atoms with van der Waals surface area (Å²) in [5.74, 6) is -0.560. The van der Waals surface area contributed by atoms with Gasteiger partial charge in [0.05, 0.1) is 12.8 Å². The quantitative estimate of drug-likeness (QED) is 0.620. The molecule has 0 aliphatic carbocycles. The van der Waals surface area contributed by atoms with Crippen molar-refractivity contribution in [2.24, 2.45) is 5.73 Å². The highest BCUT2D eigenvalue weighted by Crippen LogP contribution is 2.09. The van der Waals surface area contributed by atoms with Crippen molar-refractivity contribution in [1.82, 2.24) is 20.3 Å². The zero-order valence-electron chi connectivity index (χ0n) is 11.2. The molecule has 0 spiro atoms. The molecule has 106 valence electrons. The van der Waals surface area contributed by atoms with Crippen LogP contribution in [0.5, 0.6) is 0 Å². The van der Waals surface area contributed by atoms with Crippen molar-refractivity contribution in [1.29, 1.82) is 0 Å². The van der Waals surface area contributed by atoms with E-state index in [4.69, 9.17) is 5.73 Å². The molecule has 3 N–H and O–H groups in total. The largest absolute Gasteiger partial charge is 0.464 e. The monoisotopic (exact) mass is 269 g/mol. The van der Waals surface area contributed by atoms with Gasteiger partial charge >= 0.3 is 5.97 Å². The molecule has 0 aromatic carbocycles. The molecule has 1 aromatic heterocycles. The molecule has 1 amide bonds. The van der Waals surface area contributed by atoms with E-state index < -0.39 is 5.97 Å². The molecule has 0 saturated heterocycles. The zero-order chi connectivity index (χ0) is 14.3. The van der Waals surface area contributed by atoms with Gasteiger partial charge in [0.1, 0.15) is 0 Å². The van der Waals surface area contributed by atoms with E-state index in [1.807, 2.05) is 0 Å². The molecule has 19 heavy (non-hydrogen) atoms. The predicted octanol–water partition coefficient (Wildman–Crippen LogP) is -0.908. The van der Waals surface area contributed by atoms with Gasteiger partial charge in [0, 0.05) is 26.4 Å². The molecule has 0 atom stereocenters. The number of esters is 1. The zero-order valence-corrected chi connectivity index (χ0v) is 11.2. The first-order chi connectivity index (χ1) is 9.13. The Morgan fingerprint density at radius 1 is 1.47 bits per heavy atom. The van der Waals surface area contributed by atoms with Crippen LogP contribution in [0.15, 0.2) is 0 Å². The van der Waals surface area contributed by atoms with Gasteiger partial charge in [0.25, 0.3) is 0 Å². The van der Waals surface area contributed by atoms with E-state index in [2.05, 4.69) is 20.4 Å². The third-order valence-corrected chi connectivity index (χ3v) is 2.65. The number of amides is 1. The highest BCUT2D eigenvalue weighted by molar-refractivity contribution is 5.88. The summed E-state index contributed by atoms with van der Waals surface area (Å²) in [5, 5.41) is 10.3. The Morgan fingerprint density at radius 2 is 2.21 bits per heavy atom. The third kappa shape index (κ3) is 4.02. The van der Waals surface area contributed by atoms with Crippen molar-refractivity contribution >= 4 is 11.9 Å². The summed E-state index contributed by atoms with van der Waals surface area (Å²) in [6.45, 7) is 0.888. The Morgan fingerprint density at radius 3 is 2.79 bits per heavy atom. The third-order valence-electron chi connectivity index (χ3n) is 2.65. The lowest BCUT2D eigenvalue weighted by molar-refractivity contribution is -0.120. The molecule has 0 bridgehead atoms. The Hall–Kier alpha value is -1.96. The van der Waals surface area contributed by atoms with E-state index in [9.17, 15) is 9.59 Å². The number of carbonyl (C=O) groups is 2. The van der Waals surface area contributed by atoms with Crippen LogP contribution in [0.25, 0.3) is 0 Å². The fourth-order valence-corrected chi connectivity index (χ4v) is 1.67. The van der Waals surface area contributed by atoms with E-state index in [0.717, 1.165) is 0 Å². The number of rotatable bonds is 7. The Kier molecular flexibility index (Phi) is 5.94. The summed E-state index contributed by atoms with van der Waals surface area (Å²) in [6.07, 6.45) is 1.49. The molecule has 8 nitrogen and oxygen atoms in total. The number of methoxy groups -OCH3 is 1. The van der Waals surface area contributed by atoms with E-state index in [0.29, 0.717) is 38.0 Å². The lowest BCUT2D eigenvalue weighted by atomic mass is 10.2. The molecular formula is C11H19N5O3. The smallest absolute Gasteiger partial charge is 0.360 e. The van der Waals surface area contributed by atoms with E-state index in [1.165, 1.54) is 7.11 Å². The highest BCUT2D eigenvalue weighted by Gasteiger charge is 2.19.